The molecule has 0 spiro atoms. The molecule has 0 saturated carbocycles. The maximum Gasteiger partial charge on any atom is 0.325 e. The minimum Gasteiger partial charge on any atom is -0.480 e. The highest BCUT2D eigenvalue weighted by Crippen LogP contribution is 2.37. The van der Waals surface area contributed by atoms with E-state index in [1.165, 1.54) is 18.3 Å². The lowest BCUT2D eigenvalue weighted by Gasteiger charge is -2.32. The number of nitrogens with zero attached hydrogens (tertiary/aromatic N) is 1. The van der Waals surface area contributed by atoms with Gasteiger partial charge in [0.1, 0.15) is 6.04 Å². The van der Waals surface area contributed by atoms with Gasteiger partial charge in [-0.15, -0.1) is 23.7 Å². The number of hydrogen-bond donors (Lipinski definition) is 1. The maximum absolute atomic E-state index is 11.8. The average Bonchev–Trinajstić information content (AvgIpc) is 2.89. The van der Waals surface area contributed by atoms with Crippen LogP contribution in [0.2, 0.25) is 5.02 Å². The van der Waals surface area contributed by atoms with Crippen molar-refractivity contribution in [2.45, 2.75) is 25.9 Å². The van der Waals surface area contributed by atoms with Gasteiger partial charge in [-0.1, -0.05) is 29.8 Å². The molecule has 0 fully saturated rings. The predicted molar refractivity (Wildman–Crippen MR) is 98.8 cm³/mol. The van der Waals surface area contributed by atoms with E-state index >= 15 is 0 Å². The number of fused-ring (bicyclic) bond motifs is 1. The Kier molecular flexibility index (Phi) is 6.46. The van der Waals surface area contributed by atoms with Crippen LogP contribution in [0.1, 0.15) is 29.0 Å². The third-order valence-electron chi connectivity index (χ3n) is 3.92. The summed E-state index contributed by atoms with van der Waals surface area (Å²) >= 11 is 7.64. The lowest BCUT2D eigenvalue weighted by atomic mass is 10.0. The molecular weight excluding hydrogens is 385 g/mol. The van der Waals surface area contributed by atoms with Crippen LogP contribution in [0.25, 0.3) is 0 Å². The molecule has 1 aliphatic heterocycles. The highest BCUT2D eigenvalue weighted by atomic mass is 35.5. The second-order valence-electron chi connectivity index (χ2n) is 5.59. The first-order valence-electron chi connectivity index (χ1n) is 7.47. The van der Waals surface area contributed by atoms with Crippen LogP contribution in [0.3, 0.4) is 0 Å². The van der Waals surface area contributed by atoms with Crippen LogP contribution in [-0.4, -0.2) is 28.5 Å². The summed E-state index contributed by atoms with van der Waals surface area (Å²) in [6.07, 6.45) is 0.718. The van der Waals surface area contributed by atoms with Gasteiger partial charge in [-0.25, -0.2) is 0 Å². The number of halogens is 2. The molecule has 2 aromatic rings. The molecule has 134 valence electrons. The number of hydrogen-bond acceptors (Lipinski definition) is 5. The molecule has 1 unspecified atom stereocenters. The standard InChI is InChI=1S/C17H16ClNO4S.ClH/c1-10(20)23-15-8-11-9-19(7-6-14(11)24-15)16(17(21)22)12-4-2-3-5-13(12)18;/h2-5,8,16H,6-7,9H2,1H3,(H,21,22);1H. The lowest BCUT2D eigenvalue weighted by Crippen LogP contribution is -2.37. The van der Waals surface area contributed by atoms with Crippen LogP contribution in [0.4, 0.5) is 0 Å². The Labute approximate surface area is 160 Å². The molecule has 3 rings (SSSR count). The van der Waals surface area contributed by atoms with Crippen molar-refractivity contribution in [1.82, 2.24) is 4.90 Å². The van der Waals surface area contributed by atoms with Gasteiger partial charge in [0.05, 0.1) is 0 Å². The van der Waals surface area contributed by atoms with E-state index in [1.54, 1.807) is 24.3 Å². The molecule has 8 heteroatoms. The number of thiophene rings is 1. The Bertz CT molecular complexity index is 793. The van der Waals surface area contributed by atoms with E-state index in [-0.39, 0.29) is 18.4 Å². The number of ether oxygens (including phenoxy) is 1. The number of carbonyl (C=O) groups excluding carboxylic acids is 1. The number of esters is 1. The van der Waals surface area contributed by atoms with Gasteiger partial charge in [-0.05, 0) is 29.7 Å². The molecule has 25 heavy (non-hydrogen) atoms. The minimum atomic E-state index is -0.929. The Morgan fingerprint density at radius 3 is 2.72 bits per heavy atom. The van der Waals surface area contributed by atoms with Gasteiger partial charge in [-0.2, -0.15) is 0 Å². The summed E-state index contributed by atoms with van der Waals surface area (Å²) in [5, 5.41) is 10.7. The second-order valence-corrected chi connectivity index (χ2v) is 7.10. The molecule has 2 heterocycles. The predicted octanol–water partition coefficient (Wildman–Crippen LogP) is 3.93. The number of benzene rings is 1. The van der Waals surface area contributed by atoms with Crippen molar-refractivity contribution in [3.8, 4) is 5.06 Å². The normalized spacial score (nSPS) is 15.0. The molecule has 1 aromatic carbocycles. The maximum atomic E-state index is 11.8. The third-order valence-corrected chi connectivity index (χ3v) is 5.38. The average molecular weight is 402 g/mol. The van der Waals surface area contributed by atoms with E-state index < -0.39 is 12.0 Å². The van der Waals surface area contributed by atoms with E-state index in [1.807, 2.05) is 11.0 Å². The zero-order valence-corrected chi connectivity index (χ0v) is 15.8. The number of rotatable bonds is 4. The fourth-order valence-corrected chi connectivity index (χ4v) is 4.21. The van der Waals surface area contributed by atoms with Crippen LogP contribution in [0, 0.1) is 0 Å². The van der Waals surface area contributed by atoms with Gasteiger partial charge >= 0.3 is 11.9 Å². The molecule has 0 aliphatic carbocycles. The highest BCUT2D eigenvalue weighted by Gasteiger charge is 2.32. The Hall–Kier alpha value is -1.60. The van der Waals surface area contributed by atoms with Crippen molar-refractivity contribution >= 4 is 47.3 Å². The molecule has 1 aliphatic rings. The second kappa shape index (κ2) is 8.19. The topological polar surface area (TPSA) is 66.8 Å². The summed E-state index contributed by atoms with van der Waals surface area (Å²) in [4.78, 5) is 26.0. The summed E-state index contributed by atoms with van der Waals surface area (Å²) in [5.41, 5.74) is 1.59. The number of carbonyl (C=O) groups is 2. The smallest absolute Gasteiger partial charge is 0.325 e. The van der Waals surface area contributed by atoms with E-state index in [0.29, 0.717) is 28.7 Å². The van der Waals surface area contributed by atoms with E-state index in [0.717, 1.165) is 16.9 Å². The molecule has 5 nitrogen and oxygen atoms in total. The number of carboxylic acid groups (broad SMARTS) is 1. The molecule has 0 amide bonds. The summed E-state index contributed by atoms with van der Waals surface area (Å²) in [7, 11) is 0. The Balaban J connectivity index is 0.00000225. The van der Waals surface area contributed by atoms with Gasteiger partial charge in [0.2, 0.25) is 0 Å². The van der Waals surface area contributed by atoms with Crippen molar-refractivity contribution in [3.05, 3.63) is 51.4 Å². The zero-order valence-electron chi connectivity index (χ0n) is 13.4. The van der Waals surface area contributed by atoms with Crippen LogP contribution in [-0.2, 0) is 22.6 Å². The molecule has 0 radical (unpaired) electrons. The molecule has 0 bridgehead atoms. The van der Waals surface area contributed by atoms with Crippen molar-refractivity contribution in [2.24, 2.45) is 0 Å². The molecule has 0 saturated heterocycles. The van der Waals surface area contributed by atoms with Crippen molar-refractivity contribution < 1.29 is 19.4 Å². The van der Waals surface area contributed by atoms with Crippen molar-refractivity contribution in [1.29, 1.82) is 0 Å². The molecule has 1 N–H and O–H groups in total. The van der Waals surface area contributed by atoms with Gasteiger partial charge in [-0.3, -0.25) is 14.5 Å². The molecule has 1 aromatic heterocycles. The van der Waals surface area contributed by atoms with E-state index in [4.69, 9.17) is 16.3 Å². The highest BCUT2D eigenvalue weighted by molar-refractivity contribution is 7.14. The first kappa shape index (κ1) is 19.7. The van der Waals surface area contributed by atoms with Crippen molar-refractivity contribution in [3.63, 3.8) is 0 Å². The van der Waals surface area contributed by atoms with Gasteiger partial charge in [0, 0.05) is 29.9 Å². The number of aliphatic carboxylic acids is 1. The fourth-order valence-electron chi connectivity index (χ4n) is 2.92. The zero-order chi connectivity index (χ0) is 17.3. The van der Waals surface area contributed by atoms with Crippen LogP contribution < -0.4 is 4.74 Å². The largest absolute Gasteiger partial charge is 0.480 e. The number of carboxylic acids is 1. The van der Waals surface area contributed by atoms with Crippen LogP contribution in [0.15, 0.2) is 30.3 Å². The van der Waals surface area contributed by atoms with Gasteiger partial charge < -0.3 is 9.84 Å². The summed E-state index contributed by atoms with van der Waals surface area (Å²) in [5.74, 6) is -1.29. The van der Waals surface area contributed by atoms with Gasteiger partial charge in [0.15, 0.2) is 5.06 Å². The summed E-state index contributed by atoms with van der Waals surface area (Å²) < 4.78 is 5.14. The molecular formula is C17H17Cl2NO4S. The lowest BCUT2D eigenvalue weighted by molar-refractivity contribution is -0.144. The Morgan fingerprint density at radius 2 is 2.08 bits per heavy atom. The first-order chi connectivity index (χ1) is 11.5. The van der Waals surface area contributed by atoms with E-state index in [9.17, 15) is 14.7 Å². The monoisotopic (exact) mass is 401 g/mol. The van der Waals surface area contributed by atoms with E-state index in [2.05, 4.69) is 0 Å². The SMILES string of the molecule is CC(=O)Oc1cc2c(s1)CCN(C(C(=O)O)c1ccccc1Cl)C2.Cl. The third kappa shape index (κ3) is 4.33. The van der Waals surface area contributed by atoms with Crippen LogP contribution >= 0.6 is 35.3 Å². The fraction of sp³-hybridized carbons (Fsp3) is 0.294. The first-order valence-corrected chi connectivity index (χ1v) is 8.66. The van der Waals surface area contributed by atoms with Crippen LogP contribution in [0.5, 0.6) is 5.06 Å². The molecule has 1 atom stereocenters. The minimum absolute atomic E-state index is 0. The quantitative estimate of drug-likeness (QED) is 0.785. The summed E-state index contributed by atoms with van der Waals surface area (Å²) in [6, 6.07) is 8.03. The van der Waals surface area contributed by atoms with Gasteiger partial charge in [0.25, 0.3) is 0 Å². The van der Waals surface area contributed by atoms with Crippen molar-refractivity contribution in [2.75, 3.05) is 6.54 Å². The Morgan fingerprint density at radius 1 is 1.36 bits per heavy atom. The summed E-state index contributed by atoms with van der Waals surface area (Å²) in [6.45, 7) is 2.45.